The van der Waals surface area contributed by atoms with Crippen molar-refractivity contribution >= 4 is 28.5 Å². The van der Waals surface area contributed by atoms with E-state index in [-0.39, 0.29) is 17.0 Å². The van der Waals surface area contributed by atoms with Gasteiger partial charge in [0, 0.05) is 23.6 Å². The Kier molecular flexibility index (Phi) is 4.02. The number of benzene rings is 2. The van der Waals surface area contributed by atoms with Crippen molar-refractivity contribution in [3.8, 4) is 22.8 Å². The number of nitrogen functional groups attached to an aromatic ring is 1. The monoisotopic (exact) mass is 365 g/mol. The Morgan fingerprint density at radius 3 is 2.58 bits per heavy atom. The van der Waals surface area contributed by atoms with Gasteiger partial charge in [0.05, 0.1) is 0 Å². The van der Waals surface area contributed by atoms with Crippen molar-refractivity contribution in [3.05, 3.63) is 76.2 Å². The van der Waals surface area contributed by atoms with E-state index >= 15 is 0 Å². The first-order valence-corrected chi connectivity index (χ1v) is 8.07. The summed E-state index contributed by atoms with van der Waals surface area (Å²) in [6, 6.07) is 17.7. The molecule has 2 aromatic heterocycles. The van der Waals surface area contributed by atoms with E-state index in [0.717, 1.165) is 16.5 Å². The van der Waals surface area contributed by atoms with Crippen LogP contribution in [-0.2, 0) is 0 Å². The van der Waals surface area contributed by atoms with E-state index in [1.807, 2.05) is 36.4 Å². The minimum Gasteiger partial charge on any atom is -0.439 e. The van der Waals surface area contributed by atoms with Crippen LogP contribution in [0.3, 0.4) is 0 Å². The molecule has 0 saturated carbocycles. The zero-order valence-electron chi connectivity index (χ0n) is 13.3. The summed E-state index contributed by atoms with van der Waals surface area (Å²) in [5.41, 5.74) is 7.24. The average Bonchev–Trinajstić information content (AvgIpc) is 2.60. The van der Waals surface area contributed by atoms with Crippen LogP contribution in [0, 0.1) is 0 Å². The summed E-state index contributed by atoms with van der Waals surface area (Å²) in [7, 11) is 0. The number of rotatable bonds is 3. The van der Waals surface area contributed by atoms with Gasteiger partial charge in [-0.2, -0.15) is 4.98 Å². The Bertz CT molecular complexity index is 1140. The molecule has 0 saturated heterocycles. The van der Waals surface area contributed by atoms with Crippen LogP contribution >= 0.6 is 11.6 Å². The van der Waals surface area contributed by atoms with Crippen molar-refractivity contribution in [2.24, 2.45) is 0 Å². The van der Waals surface area contributed by atoms with Gasteiger partial charge in [0.1, 0.15) is 16.5 Å². The molecule has 26 heavy (non-hydrogen) atoms. The molecule has 0 bridgehead atoms. The van der Waals surface area contributed by atoms with E-state index in [4.69, 9.17) is 26.5 Å². The van der Waals surface area contributed by atoms with Crippen LogP contribution in [-0.4, -0.2) is 9.97 Å². The number of anilines is 1. The highest BCUT2D eigenvalue weighted by atomic mass is 35.5. The molecule has 2 aromatic carbocycles. The number of hydrogen-bond donors (Lipinski definition) is 1. The molecule has 2 N–H and O–H groups in total. The molecule has 4 rings (SSSR count). The number of hydrogen-bond acceptors (Lipinski definition) is 6. The molecule has 0 aliphatic carbocycles. The summed E-state index contributed by atoms with van der Waals surface area (Å²) < 4.78 is 11.0. The third kappa shape index (κ3) is 3.22. The van der Waals surface area contributed by atoms with Crippen LogP contribution in [0.4, 0.5) is 5.95 Å². The molecule has 0 fully saturated rings. The highest BCUT2D eigenvalue weighted by molar-refractivity contribution is 6.29. The van der Waals surface area contributed by atoms with Crippen molar-refractivity contribution in [1.29, 1.82) is 0 Å². The molecule has 0 atom stereocenters. The lowest BCUT2D eigenvalue weighted by atomic mass is 10.0. The lowest BCUT2D eigenvalue weighted by Crippen LogP contribution is -1.99. The Morgan fingerprint density at radius 1 is 1.00 bits per heavy atom. The van der Waals surface area contributed by atoms with Crippen LogP contribution in [0.25, 0.3) is 22.1 Å². The summed E-state index contributed by atoms with van der Waals surface area (Å²) in [4.78, 5) is 19.7. The lowest BCUT2D eigenvalue weighted by molar-refractivity contribution is 0.461. The van der Waals surface area contributed by atoms with Gasteiger partial charge in [0.2, 0.25) is 11.8 Å². The molecule has 0 unspecified atom stereocenters. The Morgan fingerprint density at radius 2 is 1.81 bits per heavy atom. The zero-order chi connectivity index (χ0) is 18.1. The largest absolute Gasteiger partial charge is 0.439 e. The molecule has 4 aromatic rings. The first-order chi connectivity index (χ1) is 12.6. The number of halogens is 1. The fourth-order valence-electron chi connectivity index (χ4n) is 2.65. The topological polar surface area (TPSA) is 91.2 Å². The van der Waals surface area contributed by atoms with Gasteiger partial charge in [0.15, 0.2) is 0 Å². The summed E-state index contributed by atoms with van der Waals surface area (Å²) in [6.45, 7) is 0. The molecule has 6 nitrogen and oxygen atoms in total. The highest BCUT2D eigenvalue weighted by Gasteiger charge is 2.10. The molecule has 0 radical (unpaired) electrons. The molecule has 7 heteroatoms. The number of ether oxygens (including phenoxy) is 1. The van der Waals surface area contributed by atoms with Gasteiger partial charge in [-0.15, -0.1) is 0 Å². The molecule has 0 aliphatic rings. The van der Waals surface area contributed by atoms with E-state index in [9.17, 15) is 4.79 Å². The minimum absolute atomic E-state index is 0.00573. The van der Waals surface area contributed by atoms with Gasteiger partial charge in [-0.1, -0.05) is 41.9 Å². The van der Waals surface area contributed by atoms with Gasteiger partial charge >= 0.3 is 5.63 Å². The van der Waals surface area contributed by atoms with E-state index in [2.05, 4.69) is 9.97 Å². The van der Waals surface area contributed by atoms with Crippen LogP contribution in [0.5, 0.6) is 11.6 Å². The molecule has 0 spiro atoms. The molecular formula is C19H12ClN3O3. The molecular weight excluding hydrogens is 354 g/mol. The fraction of sp³-hybridized carbons (Fsp3) is 0. The predicted molar refractivity (Wildman–Crippen MR) is 99.4 cm³/mol. The standard InChI is InChI=1S/C19H12ClN3O3/c20-16-10-17(23-19(21)22-16)25-12-6-7-13-14(11-4-2-1-3-5-11)9-18(24)26-15(13)8-12/h1-10H,(H2,21,22,23). The number of nitrogens with two attached hydrogens (primary N) is 1. The van der Waals surface area contributed by atoms with E-state index in [1.54, 1.807) is 12.1 Å². The van der Waals surface area contributed by atoms with Gasteiger partial charge in [-0.25, -0.2) is 9.78 Å². The summed E-state index contributed by atoms with van der Waals surface area (Å²) in [6.07, 6.45) is 0. The molecule has 0 aliphatic heterocycles. The molecule has 2 heterocycles. The average molecular weight is 366 g/mol. The third-order valence-corrected chi connectivity index (χ3v) is 3.91. The van der Waals surface area contributed by atoms with Gasteiger partial charge < -0.3 is 14.9 Å². The quantitative estimate of drug-likeness (QED) is 0.430. The van der Waals surface area contributed by atoms with Crippen molar-refractivity contribution in [1.82, 2.24) is 9.97 Å². The summed E-state index contributed by atoms with van der Waals surface area (Å²) in [5, 5.41) is 0.967. The summed E-state index contributed by atoms with van der Waals surface area (Å²) in [5.74, 6) is 0.634. The van der Waals surface area contributed by atoms with E-state index < -0.39 is 5.63 Å². The number of aromatic nitrogens is 2. The van der Waals surface area contributed by atoms with E-state index in [0.29, 0.717) is 11.3 Å². The van der Waals surface area contributed by atoms with Crippen LogP contribution in [0.2, 0.25) is 5.15 Å². The van der Waals surface area contributed by atoms with Crippen LogP contribution < -0.4 is 16.1 Å². The van der Waals surface area contributed by atoms with Crippen LogP contribution in [0.15, 0.2) is 69.9 Å². The SMILES string of the molecule is Nc1nc(Cl)cc(Oc2ccc3c(-c4ccccc4)cc(=O)oc3c2)n1. The second kappa shape index (κ2) is 6.50. The van der Waals surface area contributed by atoms with Crippen molar-refractivity contribution in [2.45, 2.75) is 0 Å². The third-order valence-electron chi connectivity index (χ3n) is 3.71. The van der Waals surface area contributed by atoms with Crippen LogP contribution in [0.1, 0.15) is 0 Å². The maximum Gasteiger partial charge on any atom is 0.336 e. The summed E-state index contributed by atoms with van der Waals surface area (Å²) >= 11 is 5.85. The zero-order valence-corrected chi connectivity index (χ0v) is 14.1. The second-order valence-corrected chi connectivity index (χ2v) is 5.88. The number of fused-ring (bicyclic) bond motifs is 1. The molecule has 0 amide bonds. The maximum atomic E-state index is 12.0. The Labute approximate surface area is 152 Å². The van der Waals surface area contributed by atoms with Gasteiger partial charge in [-0.05, 0) is 23.3 Å². The predicted octanol–water partition coefficient (Wildman–Crippen LogP) is 4.28. The highest BCUT2D eigenvalue weighted by Crippen LogP contribution is 2.31. The molecule has 128 valence electrons. The minimum atomic E-state index is -0.442. The Hall–Kier alpha value is -3.38. The maximum absolute atomic E-state index is 12.0. The van der Waals surface area contributed by atoms with E-state index in [1.165, 1.54) is 12.1 Å². The first-order valence-electron chi connectivity index (χ1n) is 7.70. The Balaban J connectivity index is 1.79. The van der Waals surface area contributed by atoms with Crippen molar-refractivity contribution in [2.75, 3.05) is 5.73 Å². The lowest BCUT2D eigenvalue weighted by Gasteiger charge is -2.09. The normalized spacial score (nSPS) is 10.8. The first kappa shape index (κ1) is 16.1. The van der Waals surface area contributed by atoms with Gasteiger partial charge in [-0.3, -0.25) is 0 Å². The smallest absolute Gasteiger partial charge is 0.336 e. The van der Waals surface area contributed by atoms with Gasteiger partial charge in [0.25, 0.3) is 0 Å². The van der Waals surface area contributed by atoms with Crippen molar-refractivity contribution in [3.63, 3.8) is 0 Å². The fourth-order valence-corrected chi connectivity index (χ4v) is 2.83. The number of nitrogens with zero attached hydrogens (tertiary/aromatic N) is 2. The second-order valence-electron chi connectivity index (χ2n) is 5.49. The van der Waals surface area contributed by atoms with Crippen molar-refractivity contribution < 1.29 is 9.15 Å².